The third-order valence-electron chi connectivity index (χ3n) is 5.07. The molecule has 1 saturated heterocycles. The number of amides is 3. The molecule has 1 atom stereocenters. The molecule has 0 bridgehead atoms. The van der Waals surface area contributed by atoms with E-state index in [1.54, 1.807) is 11.9 Å². The Morgan fingerprint density at radius 2 is 1.88 bits per heavy atom. The van der Waals surface area contributed by atoms with Crippen LogP contribution in [-0.2, 0) is 10.2 Å². The van der Waals surface area contributed by atoms with Crippen LogP contribution in [0.5, 0.6) is 0 Å². The molecule has 1 aromatic carbocycles. The molecule has 1 aromatic rings. The Labute approximate surface area is 157 Å². The number of rotatable bonds is 3. The van der Waals surface area contributed by atoms with Crippen LogP contribution in [0.3, 0.4) is 0 Å². The average molecular weight is 409 g/mol. The van der Waals surface area contributed by atoms with Crippen LogP contribution in [0, 0.1) is 5.92 Å². The van der Waals surface area contributed by atoms with E-state index in [2.05, 4.69) is 20.9 Å². The van der Waals surface area contributed by atoms with E-state index < -0.39 is 11.4 Å². The maximum Gasteiger partial charge on any atom is 0.345 e. The van der Waals surface area contributed by atoms with Gasteiger partial charge in [-0.1, -0.05) is 41.9 Å². The summed E-state index contributed by atoms with van der Waals surface area (Å²) in [6.07, 6.45) is 0. The first-order chi connectivity index (χ1) is 11.7. The van der Waals surface area contributed by atoms with E-state index in [0.717, 1.165) is 10.0 Å². The highest BCUT2D eigenvalue weighted by molar-refractivity contribution is 9.10. The first-order valence-corrected chi connectivity index (χ1v) is 9.09. The average Bonchev–Trinajstić information content (AvgIpc) is 2.56. The predicted molar refractivity (Wildman–Crippen MR) is 103 cm³/mol. The molecule has 6 nitrogen and oxygen atoms in total. The molecule has 1 fully saturated rings. The van der Waals surface area contributed by atoms with Crippen molar-refractivity contribution < 1.29 is 9.59 Å². The molecule has 0 spiro atoms. The number of nitrogens with zero attached hydrogens (tertiary/aromatic N) is 3. The molecule has 25 heavy (non-hydrogen) atoms. The molecular formula is C18H25BrN4O2. The zero-order valence-corrected chi connectivity index (χ0v) is 16.7. The van der Waals surface area contributed by atoms with Crippen molar-refractivity contribution in [3.8, 4) is 0 Å². The highest BCUT2D eigenvalue weighted by Crippen LogP contribution is 2.33. The third-order valence-corrected chi connectivity index (χ3v) is 5.60. The number of likely N-dealkylation sites (N-methyl/N-ethyl adjacent to an activating group) is 1. The minimum absolute atomic E-state index is 0.0444. The molecule has 2 N–H and O–H groups in total. The zero-order valence-electron chi connectivity index (χ0n) is 15.1. The van der Waals surface area contributed by atoms with Crippen molar-refractivity contribution in [2.75, 3.05) is 26.7 Å². The van der Waals surface area contributed by atoms with Crippen LogP contribution in [0.2, 0.25) is 0 Å². The van der Waals surface area contributed by atoms with Gasteiger partial charge in [0.25, 0.3) is 0 Å². The molecule has 0 saturated carbocycles. The maximum absolute atomic E-state index is 12.5. The van der Waals surface area contributed by atoms with Gasteiger partial charge in [0.1, 0.15) is 12.4 Å². The number of carbonyl (C=O) groups is 2. The largest absolute Gasteiger partial charge is 0.386 e. The summed E-state index contributed by atoms with van der Waals surface area (Å²) in [5.74, 6) is 0.313. The number of amidine groups is 1. The van der Waals surface area contributed by atoms with Crippen LogP contribution >= 0.6 is 15.9 Å². The van der Waals surface area contributed by atoms with Gasteiger partial charge in [0.2, 0.25) is 5.91 Å². The fraction of sp³-hybridized carbons (Fsp3) is 0.500. The Morgan fingerprint density at radius 1 is 1.28 bits per heavy atom. The highest BCUT2D eigenvalue weighted by Gasteiger charge is 2.36. The summed E-state index contributed by atoms with van der Waals surface area (Å²) in [4.78, 5) is 31.5. The van der Waals surface area contributed by atoms with E-state index in [0.29, 0.717) is 13.1 Å². The molecule has 2 rings (SSSR count). The van der Waals surface area contributed by atoms with E-state index in [9.17, 15) is 9.59 Å². The standard InChI is InChI=1S/C18H25BrN4O2/c1-12(2)18(3,13-5-7-14(19)8-6-13)16(20)21-17(25)23-10-9-22(4)15(24)11-23/h5-8,12H,9-11H2,1-4H3,(H2,20,21,25). The lowest BCUT2D eigenvalue weighted by Crippen LogP contribution is -2.51. The predicted octanol–water partition coefficient (Wildman–Crippen LogP) is 2.61. The summed E-state index contributed by atoms with van der Waals surface area (Å²) in [6, 6.07) is 7.41. The van der Waals surface area contributed by atoms with Crippen LogP contribution in [0.25, 0.3) is 0 Å². The van der Waals surface area contributed by atoms with Gasteiger partial charge < -0.3 is 15.5 Å². The lowest BCUT2D eigenvalue weighted by atomic mass is 9.72. The summed E-state index contributed by atoms with van der Waals surface area (Å²) in [6.45, 7) is 7.11. The number of carbonyl (C=O) groups excluding carboxylic acids is 2. The van der Waals surface area contributed by atoms with Gasteiger partial charge in [0.05, 0.1) is 5.41 Å². The molecule has 3 amide bonds. The summed E-state index contributed by atoms with van der Waals surface area (Å²) in [5.41, 5.74) is 6.71. The van der Waals surface area contributed by atoms with Gasteiger partial charge in [-0.2, -0.15) is 4.99 Å². The number of piperazine rings is 1. The molecule has 0 aromatic heterocycles. The van der Waals surface area contributed by atoms with E-state index in [1.807, 2.05) is 45.0 Å². The minimum atomic E-state index is -0.576. The number of nitrogens with two attached hydrogens (primary N) is 1. The summed E-state index contributed by atoms with van der Waals surface area (Å²) in [5, 5.41) is 0. The van der Waals surface area contributed by atoms with Crippen molar-refractivity contribution in [2.45, 2.75) is 26.2 Å². The monoisotopic (exact) mass is 408 g/mol. The second-order valence-corrected chi connectivity index (χ2v) is 7.80. The van der Waals surface area contributed by atoms with Gasteiger partial charge >= 0.3 is 6.03 Å². The molecular weight excluding hydrogens is 384 g/mol. The van der Waals surface area contributed by atoms with Crippen molar-refractivity contribution in [1.29, 1.82) is 0 Å². The second kappa shape index (κ2) is 7.56. The van der Waals surface area contributed by atoms with Crippen molar-refractivity contribution in [3.63, 3.8) is 0 Å². The van der Waals surface area contributed by atoms with E-state index in [-0.39, 0.29) is 24.2 Å². The van der Waals surface area contributed by atoms with E-state index in [1.165, 1.54) is 4.90 Å². The number of urea groups is 1. The lowest BCUT2D eigenvalue weighted by molar-refractivity contribution is -0.133. The minimum Gasteiger partial charge on any atom is -0.386 e. The smallest absolute Gasteiger partial charge is 0.345 e. The van der Waals surface area contributed by atoms with Crippen LogP contribution in [0.4, 0.5) is 4.79 Å². The summed E-state index contributed by atoms with van der Waals surface area (Å²) in [7, 11) is 1.73. The topological polar surface area (TPSA) is 79.0 Å². The van der Waals surface area contributed by atoms with Crippen molar-refractivity contribution in [1.82, 2.24) is 9.80 Å². The fourth-order valence-corrected chi connectivity index (χ4v) is 3.05. The van der Waals surface area contributed by atoms with Crippen LogP contribution in [0.15, 0.2) is 33.7 Å². The second-order valence-electron chi connectivity index (χ2n) is 6.88. The number of hydrogen-bond acceptors (Lipinski definition) is 2. The maximum atomic E-state index is 12.5. The number of benzene rings is 1. The lowest BCUT2D eigenvalue weighted by Gasteiger charge is -2.35. The van der Waals surface area contributed by atoms with Gasteiger partial charge in [0, 0.05) is 24.6 Å². The molecule has 7 heteroatoms. The molecule has 136 valence electrons. The first kappa shape index (κ1) is 19.4. The van der Waals surface area contributed by atoms with Crippen LogP contribution in [0.1, 0.15) is 26.3 Å². The Morgan fingerprint density at radius 3 is 2.40 bits per heavy atom. The van der Waals surface area contributed by atoms with Crippen molar-refractivity contribution in [3.05, 3.63) is 34.3 Å². The Bertz CT molecular complexity index is 687. The first-order valence-electron chi connectivity index (χ1n) is 8.29. The number of aliphatic imine (C=N–C) groups is 1. The van der Waals surface area contributed by atoms with Crippen molar-refractivity contribution in [2.24, 2.45) is 16.6 Å². The Balaban J connectivity index is 2.29. The molecule has 0 radical (unpaired) electrons. The summed E-state index contributed by atoms with van der Waals surface area (Å²) < 4.78 is 0.977. The molecule has 1 unspecified atom stereocenters. The highest BCUT2D eigenvalue weighted by atomic mass is 79.9. The molecule has 0 aliphatic carbocycles. The normalized spacial score (nSPS) is 18.5. The van der Waals surface area contributed by atoms with Gasteiger partial charge in [-0.05, 0) is 30.5 Å². The van der Waals surface area contributed by atoms with Gasteiger partial charge in [0.15, 0.2) is 0 Å². The van der Waals surface area contributed by atoms with Crippen LogP contribution < -0.4 is 5.73 Å². The summed E-state index contributed by atoms with van der Waals surface area (Å²) >= 11 is 3.43. The Hall–Kier alpha value is -1.89. The quantitative estimate of drug-likeness (QED) is 0.616. The van der Waals surface area contributed by atoms with Gasteiger partial charge in [-0.15, -0.1) is 0 Å². The van der Waals surface area contributed by atoms with Crippen molar-refractivity contribution >= 4 is 33.7 Å². The van der Waals surface area contributed by atoms with E-state index >= 15 is 0 Å². The zero-order chi connectivity index (χ0) is 18.8. The third kappa shape index (κ3) is 4.03. The van der Waals surface area contributed by atoms with E-state index in [4.69, 9.17) is 5.73 Å². The van der Waals surface area contributed by atoms with Gasteiger partial charge in [-0.3, -0.25) is 4.79 Å². The molecule has 1 heterocycles. The molecule has 1 aliphatic rings. The van der Waals surface area contributed by atoms with Gasteiger partial charge in [-0.25, -0.2) is 4.79 Å². The number of halogens is 1. The van der Waals surface area contributed by atoms with Crippen LogP contribution in [-0.4, -0.2) is 54.3 Å². The number of hydrogen-bond donors (Lipinski definition) is 1. The molecule has 1 aliphatic heterocycles. The Kier molecular flexibility index (Phi) is 5.87. The fourth-order valence-electron chi connectivity index (χ4n) is 2.78. The SMILES string of the molecule is CC(C)C(C)(C(N)=NC(=O)N1CCN(C)C(=O)C1)c1ccc(Br)cc1.